The zero-order chi connectivity index (χ0) is 6.97. The summed E-state index contributed by atoms with van der Waals surface area (Å²) in [5.74, 6) is 0.963. The Kier molecular flexibility index (Phi) is 1.75. The van der Waals surface area contributed by atoms with Crippen LogP contribution in [-0.2, 0) is 0 Å². The third-order valence-electron chi connectivity index (χ3n) is 2.78. The van der Waals surface area contributed by atoms with Crippen molar-refractivity contribution in [2.75, 3.05) is 13.1 Å². The van der Waals surface area contributed by atoms with Gasteiger partial charge in [-0.05, 0) is 38.3 Å². The first-order chi connectivity index (χ1) is 4.90. The number of rotatable bonds is 1. The summed E-state index contributed by atoms with van der Waals surface area (Å²) in [5.41, 5.74) is 0. The maximum atomic E-state index is 4.84. The lowest BCUT2D eigenvalue weighted by Crippen LogP contribution is -2.49. The molecule has 0 aromatic carbocycles. The fourth-order valence-electron chi connectivity index (χ4n) is 2.09. The third-order valence-corrected chi connectivity index (χ3v) is 3.05. The number of hydrogen-bond acceptors (Lipinski definition) is 2. The predicted octanol–water partition coefficient (Wildman–Crippen LogP) is 1.35. The average molecular weight is 154 g/mol. The summed E-state index contributed by atoms with van der Waals surface area (Å²) in [7, 11) is 0. The van der Waals surface area contributed by atoms with Crippen molar-refractivity contribution in [3.8, 4) is 0 Å². The van der Waals surface area contributed by atoms with Crippen LogP contribution in [-0.4, -0.2) is 29.4 Å². The van der Waals surface area contributed by atoms with Crippen molar-refractivity contribution in [3.63, 3.8) is 0 Å². The SMILES string of the molecule is S=[C]C1CC2CCN1CC2. The second kappa shape index (κ2) is 2.59. The largest absolute Gasteiger partial charge is 0.295 e. The first-order valence-corrected chi connectivity index (χ1v) is 4.42. The van der Waals surface area contributed by atoms with Gasteiger partial charge in [-0.3, -0.25) is 4.90 Å². The number of fused-ring (bicyclic) bond motifs is 3. The molecule has 3 heterocycles. The minimum absolute atomic E-state index is 0.516. The van der Waals surface area contributed by atoms with Crippen LogP contribution in [0.3, 0.4) is 0 Å². The normalized spacial score (nSPS) is 45.4. The van der Waals surface area contributed by atoms with Crippen LogP contribution in [0.1, 0.15) is 19.3 Å². The van der Waals surface area contributed by atoms with Crippen LogP contribution >= 0.6 is 12.2 Å². The molecule has 1 radical (unpaired) electrons. The molecule has 1 unspecified atom stereocenters. The highest BCUT2D eigenvalue weighted by molar-refractivity contribution is 7.79. The van der Waals surface area contributed by atoms with Crippen LogP contribution in [0.15, 0.2) is 0 Å². The second-order valence-electron chi connectivity index (χ2n) is 3.35. The molecule has 3 aliphatic rings. The summed E-state index contributed by atoms with van der Waals surface area (Å²) in [5, 5.41) is 2.94. The molecular formula is C8H12NS. The van der Waals surface area contributed by atoms with Gasteiger partial charge in [-0.15, -0.1) is 0 Å². The minimum Gasteiger partial charge on any atom is -0.295 e. The smallest absolute Gasteiger partial charge is 0.0479 e. The van der Waals surface area contributed by atoms with E-state index < -0.39 is 0 Å². The molecule has 0 spiro atoms. The van der Waals surface area contributed by atoms with Crippen molar-refractivity contribution in [1.29, 1.82) is 0 Å². The van der Waals surface area contributed by atoms with Crippen LogP contribution in [0.4, 0.5) is 0 Å². The van der Waals surface area contributed by atoms with E-state index in [-0.39, 0.29) is 0 Å². The minimum atomic E-state index is 0.516. The monoisotopic (exact) mass is 154 g/mol. The van der Waals surface area contributed by atoms with Crippen LogP contribution in [0.2, 0.25) is 0 Å². The Hall–Kier alpha value is 0.0500. The highest BCUT2D eigenvalue weighted by atomic mass is 32.1. The second-order valence-corrected chi connectivity index (χ2v) is 3.58. The van der Waals surface area contributed by atoms with Crippen molar-refractivity contribution >= 4 is 17.6 Å². The van der Waals surface area contributed by atoms with E-state index in [2.05, 4.69) is 10.3 Å². The first kappa shape index (κ1) is 6.74. The lowest BCUT2D eigenvalue weighted by molar-refractivity contribution is 0.0861. The molecule has 0 N–H and O–H groups in total. The lowest BCUT2D eigenvalue weighted by Gasteiger charge is -2.43. The van der Waals surface area contributed by atoms with E-state index >= 15 is 0 Å². The molecule has 0 amide bonds. The highest BCUT2D eigenvalue weighted by Gasteiger charge is 2.32. The van der Waals surface area contributed by atoms with E-state index in [1.54, 1.807) is 0 Å². The molecule has 0 aromatic rings. The molecule has 2 heteroatoms. The first-order valence-electron chi connectivity index (χ1n) is 4.02. The van der Waals surface area contributed by atoms with Crippen molar-refractivity contribution in [2.45, 2.75) is 25.3 Å². The van der Waals surface area contributed by atoms with Crippen LogP contribution in [0.25, 0.3) is 0 Å². The molecule has 0 saturated carbocycles. The summed E-state index contributed by atoms with van der Waals surface area (Å²) < 4.78 is 0. The Bertz CT molecular complexity index is 138. The Morgan fingerprint density at radius 3 is 2.30 bits per heavy atom. The molecule has 3 saturated heterocycles. The Labute approximate surface area is 67.4 Å². The van der Waals surface area contributed by atoms with Crippen LogP contribution in [0, 0.1) is 5.92 Å². The van der Waals surface area contributed by atoms with E-state index in [0.717, 1.165) is 5.92 Å². The van der Waals surface area contributed by atoms with E-state index in [1.807, 2.05) is 0 Å². The molecule has 0 aromatic heterocycles. The molecule has 1 nitrogen and oxygen atoms in total. The number of nitrogens with zero attached hydrogens (tertiary/aromatic N) is 1. The van der Waals surface area contributed by atoms with Gasteiger partial charge in [-0.25, -0.2) is 0 Å². The average Bonchev–Trinajstić information content (AvgIpc) is 2.06. The van der Waals surface area contributed by atoms with Crippen molar-refractivity contribution < 1.29 is 0 Å². The highest BCUT2D eigenvalue weighted by Crippen LogP contribution is 2.30. The summed E-state index contributed by atoms with van der Waals surface area (Å²) in [4.78, 5) is 2.47. The number of thiocarbonyl (C=S) groups is 1. The standard InChI is InChI=1S/C8H12NS/c10-6-8-5-7-1-3-9(8)4-2-7/h7-8H,1-5H2. The van der Waals surface area contributed by atoms with Crippen molar-refractivity contribution in [2.24, 2.45) is 5.92 Å². The maximum Gasteiger partial charge on any atom is 0.0479 e. The topological polar surface area (TPSA) is 3.24 Å². The molecule has 2 bridgehead atoms. The third kappa shape index (κ3) is 0.995. The van der Waals surface area contributed by atoms with Gasteiger partial charge in [0.15, 0.2) is 0 Å². The van der Waals surface area contributed by atoms with Crippen LogP contribution < -0.4 is 0 Å². The van der Waals surface area contributed by atoms with E-state index in [9.17, 15) is 0 Å². The van der Waals surface area contributed by atoms with Gasteiger partial charge in [0.1, 0.15) is 0 Å². The maximum absolute atomic E-state index is 4.84. The van der Waals surface area contributed by atoms with Gasteiger partial charge in [0.2, 0.25) is 0 Å². The molecule has 10 heavy (non-hydrogen) atoms. The summed E-state index contributed by atoms with van der Waals surface area (Å²) in [6, 6.07) is 0.516. The van der Waals surface area contributed by atoms with Crippen molar-refractivity contribution in [1.82, 2.24) is 4.90 Å². The van der Waals surface area contributed by atoms with Gasteiger partial charge in [0.05, 0.1) is 0 Å². The molecule has 3 aliphatic heterocycles. The fourth-order valence-corrected chi connectivity index (χ4v) is 2.33. The molecule has 55 valence electrons. The van der Waals surface area contributed by atoms with Crippen molar-refractivity contribution in [3.05, 3.63) is 0 Å². The predicted molar refractivity (Wildman–Crippen MR) is 45.3 cm³/mol. The summed E-state index contributed by atoms with van der Waals surface area (Å²) >= 11 is 4.84. The number of hydrogen-bond donors (Lipinski definition) is 0. The van der Waals surface area contributed by atoms with Gasteiger partial charge in [0.25, 0.3) is 0 Å². The zero-order valence-corrected chi connectivity index (χ0v) is 6.86. The lowest BCUT2D eigenvalue weighted by atomic mass is 9.84. The number of piperidine rings is 3. The molecule has 1 atom stereocenters. The summed E-state index contributed by atoms with van der Waals surface area (Å²) in [6.45, 7) is 2.53. The molecule has 3 rings (SSSR count). The van der Waals surface area contributed by atoms with E-state index in [0.29, 0.717) is 6.04 Å². The fraction of sp³-hybridized carbons (Fsp3) is 0.875. The van der Waals surface area contributed by atoms with Gasteiger partial charge >= 0.3 is 0 Å². The van der Waals surface area contributed by atoms with E-state index in [4.69, 9.17) is 12.2 Å². The molecular weight excluding hydrogens is 142 g/mol. The molecule has 3 fully saturated rings. The van der Waals surface area contributed by atoms with Gasteiger partial charge in [-0.2, -0.15) is 0 Å². The van der Waals surface area contributed by atoms with Gasteiger partial charge in [0, 0.05) is 11.4 Å². The van der Waals surface area contributed by atoms with Crippen LogP contribution in [0.5, 0.6) is 0 Å². The Balaban J connectivity index is 2.07. The zero-order valence-electron chi connectivity index (χ0n) is 6.05. The van der Waals surface area contributed by atoms with Gasteiger partial charge < -0.3 is 0 Å². The Morgan fingerprint density at radius 1 is 1.30 bits per heavy atom. The van der Waals surface area contributed by atoms with Gasteiger partial charge in [-0.1, -0.05) is 12.2 Å². The quantitative estimate of drug-likeness (QED) is 0.524. The van der Waals surface area contributed by atoms with E-state index in [1.165, 1.54) is 32.4 Å². The Morgan fingerprint density at radius 2 is 2.00 bits per heavy atom. The molecule has 0 aliphatic carbocycles. The summed E-state index contributed by atoms with van der Waals surface area (Å²) in [6.07, 6.45) is 4.07.